The molecule has 0 bridgehead atoms. The first-order chi connectivity index (χ1) is 3.71. The van der Waals surface area contributed by atoms with Crippen LogP contribution in [0.1, 0.15) is 0 Å². The van der Waals surface area contributed by atoms with Gasteiger partial charge in [-0.25, -0.2) is 0 Å². The van der Waals surface area contributed by atoms with Crippen LogP contribution in [0, 0.1) is 10.4 Å². The third-order valence-electron chi connectivity index (χ3n) is 0.261. The summed E-state index contributed by atoms with van der Waals surface area (Å²) in [4.78, 5) is 0. The number of nitrogens with zero attached hydrogens (tertiary/aromatic N) is 2. The summed E-state index contributed by atoms with van der Waals surface area (Å²) in [6.07, 6.45) is 0. The molecule has 8 nitrogen and oxygen atoms in total. The van der Waals surface area contributed by atoms with E-state index in [0.29, 0.717) is 0 Å². The molecule has 4 N–H and O–H groups in total. The molecule has 0 aromatic rings. The molecule has 0 saturated carbocycles. The van der Waals surface area contributed by atoms with E-state index in [1.807, 2.05) is 0 Å². The number of rotatable bonds is 2. The van der Waals surface area contributed by atoms with Gasteiger partial charge in [0.2, 0.25) is 0 Å². The molecule has 0 aromatic heterocycles. The molecular formula is H4N2O6Sn. The van der Waals surface area contributed by atoms with Gasteiger partial charge in [-0.15, -0.1) is 0 Å². The van der Waals surface area contributed by atoms with Gasteiger partial charge in [-0.2, -0.15) is 0 Å². The van der Waals surface area contributed by atoms with E-state index in [2.05, 4.69) is 0 Å². The molecule has 0 aliphatic rings. The fourth-order valence-electron chi connectivity index (χ4n) is 0.170. The van der Waals surface area contributed by atoms with Crippen molar-refractivity contribution in [3.8, 4) is 0 Å². The number of hydrogen-bond acceptors (Lipinski definition) is 6. The van der Waals surface area contributed by atoms with E-state index in [9.17, 15) is 10.4 Å². The molecule has 0 heterocycles. The molecule has 54 valence electrons. The zero-order valence-electron chi connectivity index (χ0n) is 4.00. The van der Waals surface area contributed by atoms with E-state index >= 15 is 0 Å². The Labute approximate surface area is 59.9 Å². The van der Waals surface area contributed by atoms with Crippen LogP contribution in [0.25, 0.3) is 0 Å². The summed E-state index contributed by atoms with van der Waals surface area (Å²) in [6.45, 7) is 0. The molecule has 0 atom stereocenters. The van der Waals surface area contributed by atoms with Crippen LogP contribution in [0.5, 0.6) is 0 Å². The zero-order chi connectivity index (χ0) is 7.71. The van der Waals surface area contributed by atoms with Crippen LogP contribution in [0.3, 0.4) is 0 Å². The van der Waals surface area contributed by atoms with E-state index in [1.54, 1.807) is 0 Å². The molecule has 0 aliphatic heterocycles. The van der Waals surface area contributed by atoms with Crippen LogP contribution in [-0.2, 0) is 0 Å². The number of hydrogen-bond donors (Lipinski definition) is 4. The maximum atomic E-state index is 9.71. The third-order valence-corrected chi connectivity index (χ3v) is 1.75. The molecule has 0 saturated heterocycles. The van der Waals surface area contributed by atoms with Gasteiger partial charge < -0.3 is 0 Å². The number of quaternary nitrogens is 2. The Morgan fingerprint density at radius 3 is 1.11 bits per heavy atom. The van der Waals surface area contributed by atoms with Crippen molar-refractivity contribution >= 4 is 21.7 Å². The predicted octanol–water partition coefficient (Wildman–Crippen LogP) is -1.29. The summed E-state index contributed by atoms with van der Waals surface area (Å²) >= 11 is -3.20. The van der Waals surface area contributed by atoms with Crippen LogP contribution in [0.15, 0.2) is 0 Å². The van der Waals surface area contributed by atoms with Gasteiger partial charge in [0, 0.05) is 0 Å². The van der Waals surface area contributed by atoms with Crippen molar-refractivity contribution in [1.82, 2.24) is 0 Å². The van der Waals surface area contributed by atoms with Crippen LogP contribution in [0.2, 0.25) is 0 Å². The minimum absolute atomic E-state index is 2.86. The molecule has 9 heavy (non-hydrogen) atoms. The average Bonchev–Trinajstić information content (AvgIpc) is 1.14. The molecule has 0 unspecified atom stereocenters. The van der Waals surface area contributed by atoms with Gasteiger partial charge in [0.25, 0.3) is 0 Å². The molecule has 0 spiro atoms. The summed E-state index contributed by atoms with van der Waals surface area (Å²) in [7, 11) is 0. The van der Waals surface area contributed by atoms with E-state index in [1.165, 1.54) is 0 Å². The van der Waals surface area contributed by atoms with Gasteiger partial charge >= 0.3 is 59.3 Å². The Hall–Kier alpha value is 0.479. The Bertz CT molecular complexity index is 76.2. The van der Waals surface area contributed by atoms with Crippen LogP contribution in [0.4, 0.5) is 0 Å². The molecule has 0 aliphatic carbocycles. The molecule has 0 rings (SSSR count). The Balaban J connectivity index is 3.75. The van der Waals surface area contributed by atoms with Crippen LogP contribution < -0.4 is 0 Å². The fraction of sp³-hybridized carbons (Fsp3) is 0. The van der Waals surface area contributed by atoms with Crippen molar-refractivity contribution in [2.45, 2.75) is 0 Å². The monoisotopic (exact) mass is 248 g/mol. The van der Waals surface area contributed by atoms with Crippen LogP contribution in [-0.4, -0.2) is 48.9 Å². The first kappa shape index (κ1) is 9.48. The standard InChI is InChI=1S/2H2NO3.Sn/c2*2-1(3)4;/h2*2-3H;/q2*-1;+2. The Kier molecular flexibility index (Phi) is 2.75. The van der Waals surface area contributed by atoms with Gasteiger partial charge in [-0.05, 0) is 0 Å². The first-order valence-electron chi connectivity index (χ1n) is 1.61. The summed E-state index contributed by atoms with van der Waals surface area (Å²) in [5.41, 5.74) is 0. The second-order valence-corrected chi connectivity index (χ2v) is 5.08. The zero-order valence-corrected chi connectivity index (χ0v) is 6.85. The molecule has 2 radical (unpaired) electrons. The van der Waals surface area contributed by atoms with Crippen molar-refractivity contribution in [3.05, 3.63) is 10.4 Å². The van der Waals surface area contributed by atoms with Gasteiger partial charge in [-0.1, -0.05) is 0 Å². The topological polar surface area (TPSA) is 127 Å². The second kappa shape index (κ2) is 2.61. The summed E-state index contributed by atoms with van der Waals surface area (Å²) < 4.78 is -5.72. The van der Waals surface area contributed by atoms with Crippen LogP contribution >= 0.6 is 0 Å². The summed E-state index contributed by atoms with van der Waals surface area (Å²) in [5.74, 6) is 0. The van der Waals surface area contributed by atoms with E-state index in [4.69, 9.17) is 20.8 Å². The molecule has 0 fully saturated rings. The summed E-state index contributed by atoms with van der Waals surface area (Å²) in [6, 6.07) is 0. The van der Waals surface area contributed by atoms with Crippen molar-refractivity contribution in [2.24, 2.45) is 0 Å². The quantitative estimate of drug-likeness (QED) is 0.355. The fourth-order valence-corrected chi connectivity index (χ4v) is 1.14. The van der Waals surface area contributed by atoms with Crippen molar-refractivity contribution in [2.75, 3.05) is 0 Å². The Morgan fingerprint density at radius 2 is 1.11 bits per heavy atom. The minimum atomic E-state index is -3.20. The van der Waals surface area contributed by atoms with Gasteiger partial charge in [0.15, 0.2) is 0 Å². The SMILES string of the molecule is [O-][N+](O)(O)[Sn][N+]([O-])(O)O. The van der Waals surface area contributed by atoms with E-state index in [0.717, 1.165) is 0 Å². The third kappa shape index (κ3) is 8.48. The van der Waals surface area contributed by atoms with Crippen molar-refractivity contribution in [3.63, 3.8) is 0 Å². The van der Waals surface area contributed by atoms with Gasteiger partial charge in [0.05, 0.1) is 0 Å². The maximum absolute atomic E-state index is 9.71. The van der Waals surface area contributed by atoms with Crippen molar-refractivity contribution < 1.29 is 27.2 Å². The molecule has 9 heteroatoms. The average molecular weight is 247 g/mol. The van der Waals surface area contributed by atoms with E-state index in [-0.39, 0.29) is 0 Å². The molecular weight excluding hydrogens is 243 g/mol. The second-order valence-electron chi connectivity index (χ2n) is 1.19. The predicted molar refractivity (Wildman–Crippen MR) is 20.2 cm³/mol. The van der Waals surface area contributed by atoms with E-state index < -0.39 is 28.1 Å². The first-order valence-corrected chi connectivity index (χ1v) is 4.17. The van der Waals surface area contributed by atoms with Gasteiger partial charge in [-0.3, -0.25) is 0 Å². The normalized spacial score (nSPS) is 14.0. The summed E-state index contributed by atoms with van der Waals surface area (Å²) in [5, 5.41) is 50.7. The molecule has 0 amide bonds. The Morgan fingerprint density at radius 1 is 0.889 bits per heavy atom. The molecule has 0 aromatic carbocycles. The van der Waals surface area contributed by atoms with Gasteiger partial charge in [0.1, 0.15) is 0 Å². The van der Waals surface area contributed by atoms with Crippen molar-refractivity contribution in [1.29, 1.82) is 0 Å².